The van der Waals surface area contributed by atoms with E-state index in [2.05, 4.69) is 5.32 Å². The highest BCUT2D eigenvalue weighted by atomic mass is 32.2. The van der Waals surface area contributed by atoms with Gasteiger partial charge in [0.1, 0.15) is 16.6 Å². The molecule has 1 aliphatic carbocycles. The van der Waals surface area contributed by atoms with Gasteiger partial charge in [0.25, 0.3) is 10.0 Å². The number of amides is 1. The molecule has 0 spiro atoms. The van der Waals surface area contributed by atoms with Crippen LogP contribution in [0.25, 0.3) is 0 Å². The number of sulfonamides is 1. The van der Waals surface area contributed by atoms with Gasteiger partial charge in [0.05, 0.1) is 5.69 Å². The van der Waals surface area contributed by atoms with Gasteiger partial charge in [-0.1, -0.05) is 25.3 Å². The average Bonchev–Trinajstić information content (AvgIpc) is 3.17. The molecule has 1 fully saturated rings. The molecular weight excluding hydrogens is 375 g/mol. The minimum absolute atomic E-state index is 0.0933. The topological polar surface area (TPSA) is 66.5 Å². The number of rotatable bonds is 6. The fraction of sp³-hybridized carbons (Fsp3) is 0.389. The van der Waals surface area contributed by atoms with Gasteiger partial charge < -0.3 is 5.32 Å². The van der Waals surface area contributed by atoms with Gasteiger partial charge in [-0.15, -0.1) is 11.3 Å². The van der Waals surface area contributed by atoms with E-state index in [0.717, 1.165) is 41.3 Å². The van der Waals surface area contributed by atoms with Crippen LogP contribution in [-0.4, -0.2) is 26.9 Å². The van der Waals surface area contributed by atoms with Crippen molar-refractivity contribution in [1.82, 2.24) is 5.32 Å². The smallest absolute Gasteiger partial charge is 0.274 e. The molecule has 2 aromatic rings. The Morgan fingerprint density at radius 1 is 1.15 bits per heavy atom. The second-order valence-corrected chi connectivity index (χ2v) is 9.36. The van der Waals surface area contributed by atoms with E-state index in [4.69, 9.17) is 0 Å². The van der Waals surface area contributed by atoms with Crippen molar-refractivity contribution in [3.05, 3.63) is 47.6 Å². The largest absolute Gasteiger partial charge is 0.352 e. The minimum Gasteiger partial charge on any atom is -0.352 e. The fourth-order valence-corrected chi connectivity index (χ4v) is 5.62. The number of anilines is 1. The zero-order valence-corrected chi connectivity index (χ0v) is 15.9. The van der Waals surface area contributed by atoms with Crippen LogP contribution in [0, 0.1) is 5.82 Å². The zero-order chi connectivity index (χ0) is 18.6. The number of hydrogen-bond acceptors (Lipinski definition) is 4. The number of carbonyl (C=O) groups excluding carboxylic acids is 1. The van der Waals surface area contributed by atoms with Gasteiger partial charge in [-0.25, -0.2) is 12.8 Å². The lowest BCUT2D eigenvalue weighted by atomic mass is 9.95. The monoisotopic (exact) mass is 396 g/mol. The second-order valence-electron chi connectivity index (χ2n) is 6.32. The number of benzene rings is 1. The van der Waals surface area contributed by atoms with Gasteiger partial charge in [0.15, 0.2) is 0 Å². The van der Waals surface area contributed by atoms with Gasteiger partial charge >= 0.3 is 0 Å². The third-order valence-corrected chi connectivity index (χ3v) is 7.56. The molecule has 0 saturated heterocycles. The SMILES string of the molecule is O=C(CN(c1ccc(F)cc1)S(=O)(=O)c1cccs1)NC1CCCCC1. The molecule has 0 atom stereocenters. The lowest BCUT2D eigenvalue weighted by molar-refractivity contribution is -0.120. The predicted octanol–water partition coefficient (Wildman–Crippen LogP) is 3.53. The maximum absolute atomic E-state index is 13.2. The van der Waals surface area contributed by atoms with Crippen LogP contribution < -0.4 is 9.62 Å². The summed E-state index contributed by atoms with van der Waals surface area (Å²) >= 11 is 1.08. The van der Waals surface area contributed by atoms with E-state index in [1.165, 1.54) is 36.8 Å². The molecule has 1 N–H and O–H groups in total. The Kier molecular flexibility index (Phi) is 5.93. The Morgan fingerprint density at radius 2 is 1.85 bits per heavy atom. The zero-order valence-electron chi connectivity index (χ0n) is 14.2. The van der Waals surface area contributed by atoms with Gasteiger partial charge in [-0.2, -0.15) is 0 Å². The van der Waals surface area contributed by atoms with Crippen molar-refractivity contribution < 1.29 is 17.6 Å². The van der Waals surface area contributed by atoms with Crippen LogP contribution in [0.2, 0.25) is 0 Å². The van der Waals surface area contributed by atoms with E-state index in [-0.39, 0.29) is 28.4 Å². The highest BCUT2D eigenvalue weighted by molar-refractivity contribution is 7.94. The van der Waals surface area contributed by atoms with Crippen molar-refractivity contribution in [2.45, 2.75) is 42.4 Å². The van der Waals surface area contributed by atoms with Gasteiger partial charge in [0, 0.05) is 6.04 Å². The second kappa shape index (κ2) is 8.18. The molecule has 1 aromatic carbocycles. The quantitative estimate of drug-likeness (QED) is 0.812. The summed E-state index contributed by atoms with van der Waals surface area (Å²) in [5.74, 6) is -0.810. The molecular formula is C18H21FN2O3S2. The lowest BCUT2D eigenvalue weighted by Crippen LogP contribution is -2.44. The standard InChI is InChI=1S/C18H21FN2O3S2/c19-14-8-10-16(11-9-14)21(26(23,24)18-7-4-12-25-18)13-17(22)20-15-5-2-1-3-6-15/h4,7-12,15H,1-3,5-6,13H2,(H,20,22). The summed E-state index contributed by atoms with van der Waals surface area (Å²) in [7, 11) is -3.89. The first-order valence-electron chi connectivity index (χ1n) is 8.58. The fourth-order valence-electron chi connectivity index (χ4n) is 3.09. The van der Waals surface area contributed by atoms with Crippen LogP contribution in [0.4, 0.5) is 10.1 Å². The van der Waals surface area contributed by atoms with Crippen molar-refractivity contribution in [3.8, 4) is 0 Å². The Bertz CT molecular complexity index is 830. The summed E-state index contributed by atoms with van der Waals surface area (Å²) in [6, 6.07) is 8.34. The number of nitrogens with zero attached hydrogens (tertiary/aromatic N) is 1. The Hall–Kier alpha value is -1.93. The first-order valence-corrected chi connectivity index (χ1v) is 10.9. The Balaban J connectivity index is 1.83. The normalized spacial score (nSPS) is 15.6. The number of thiophene rings is 1. The van der Waals surface area contributed by atoms with Crippen molar-refractivity contribution in [3.63, 3.8) is 0 Å². The van der Waals surface area contributed by atoms with Gasteiger partial charge in [-0.3, -0.25) is 9.10 Å². The summed E-state index contributed by atoms with van der Waals surface area (Å²) in [5.41, 5.74) is 0.263. The summed E-state index contributed by atoms with van der Waals surface area (Å²) in [4.78, 5) is 12.5. The molecule has 1 aliphatic rings. The van der Waals surface area contributed by atoms with Crippen LogP contribution in [0.5, 0.6) is 0 Å². The van der Waals surface area contributed by atoms with Gasteiger partial charge in [0.2, 0.25) is 5.91 Å². The minimum atomic E-state index is -3.89. The van der Waals surface area contributed by atoms with E-state index in [1.54, 1.807) is 11.4 Å². The molecule has 8 heteroatoms. The third kappa shape index (κ3) is 4.42. The molecule has 1 saturated carbocycles. The molecule has 0 unspecified atom stereocenters. The van der Waals surface area contributed by atoms with Crippen LogP contribution >= 0.6 is 11.3 Å². The lowest BCUT2D eigenvalue weighted by Gasteiger charge is -2.26. The highest BCUT2D eigenvalue weighted by Crippen LogP contribution is 2.26. The molecule has 1 aromatic heterocycles. The third-order valence-electron chi connectivity index (χ3n) is 4.41. The number of carbonyl (C=O) groups is 1. The van der Waals surface area contributed by atoms with Crippen molar-refractivity contribution in [2.75, 3.05) is 10.8 Å². The van der Waals surface area contributed by atoms with E-state index < -0.39 is 15.8 Å². The maximum atomic E-state index is 13.2. The Morgan fingerprint density at radius 3 is 2.46 bits per heavy atom. The van der Waals surface area contributed by atoms with E-state index >= 15 is 0 Å². The molecule has 0 aliphatic heterocycles. The average molecular weight is 397 g/mol. The summed E-state index contributed by atoms with van der Waals surface area (Å²) in [6.45, 7) is -0.331. The molecule has 1 heterocycles. The van der Waals surface area contributed by atoms with Gasteiger partial charge in [-0.05, 0) is 48.6 Å². The summed E-state index contributed by atoms with van der Waals surface area (Å²) in [5, 5.41) is 4.60. The maximum Gasteiger partial charge on any atom is 0.274 e. The number of nitrogens with one attached hydrogen (secondary N) is 1. The first-order chi connectivity index (χ1) is 12.5. The molecule has 140 valence electrons. The summed E-state index contributed by atoms with van der Waals surface area (Å²) < 4.78 is 40.4. The molecule has 0 radical (unpaired) electrons. The molecule has 5 nitrogen and oxygen atoms in total. The van der Waals surface area contributed by atoms with E-state index in [1.807, 2.05) is 0 Å². The van der Waals surface area contributed by atoms with Crippen LogP contribution in [0.3, 0.4) is 0 Å². The van der Waals surface area contributed by atoms with E-state index in [0.29, 0.717) is 0 Å². The highest BCUT2D eigenvalue weighted by Gasteiger charge is 2.29. The first kappa shape index (κ1) is 18.8. The van der Waals surface area contributed by atoms with E-state index in [9.17, 15) is 17.6 Å². The predicted molar refractivity (Wildman–Crippen MR) is 100 cm³/mol. The Labute approximate surface area is 156 Å². The number of halogens is 1. The van der Waals surface area contributed by atoms with Crippen LogP contribution in [0.15, 0.2) is 46.0 Å². The van der Waals surface area contributed by atoms with Crippen LogP contribution in [0.1, 0.15) is 32.1 Å². The molecule has 0 bridgehead atoms. The van der Waals surface area contributed by atoms with Crippen LogP contribution in [-0.2, 0) is 14.8 Å². The van der Waals surface area contributed by atoms with Crippen molar-refractivity contribution in [1.29, 1.82) is 0 Å². The summed E-state index contributed by atoms with van der Waals surface area (Å²) in [6.07, 6.45) is 5.14. The number of hydrogen-bond donors (Lipinski definition) is 1. The molecule has 1 amide bonds. The molecule has 26 heavy (non-hydrogen) atoms. The van der Waals surface area contributed by atoms with Crippen molar-refractivity contribution >= 4 is 33.0 Å². The molecule has 3 rings (SSSR count). The van der Waals surface area contributed by atoms with Crippen molar-refractivity contribution in [2.24, 2.45) is 0 Å².